The third-order valence-corrected chi connectivity index (χ3v) is 2.37. The van der Waals surface area contributed by atoms with Crippen LogP contribution < -0.4 is 5.32 Å². The van der Waals surface area contributed by atoms with Crippen LogP contribution >= 0.6 is 0 Å². The maximum absolute atomic E-state index is 10.8. The van der Waals surface area contributed by atoms with E-state index in [0.717, 1.165) is 37.4 Å². The van der Waals surface area contributed by atoms with Gasteiger partial charge in [0, 0.05) is 19.2 Å². The van der Waals surface area contributed by atoms with Crippen molar-refractivity contribution in [3.63, 3.8) is 0 Å². The highest BCUT2D eigenvalue weighted by Gasteiger charge is 1.99. The van der Waals surface area contributed by atoms with Crippen molar-refractivity contribution in [3.8, 4) is 0 Å². The van der Waals surface area contributed by atoms with E-state index >= 15 is 0 Å². The lowest BCUT2D eigenvalue weighted by atomic mass is 10.2. The molecule has 0 spiro atoms. The summed E-state index contributed by atoms with van der Waals surface area (Å²) in [5.74, 6) is 1.48. The summed E-state index contributed by atoms with van der Waals surface area (Å²) in [6.45, 7) is 2.72. The van der Waals surface area contributed by atoms with Crippen molar-refractivity contribution in [2.45, 2.75) is 32.6 Å². The minimum Gasteiger partial charge on any atom is -0.469 e. The van der Waals surface area contributed by atoms with Crippen LogP contribution in [0.1, 0.15) is 31.5 Å². The van der Waals surface area contributed by atoms with Crippen molar-refractivity contribution >= 4 is 11.8 Å². The van der Waals surface area contributed by atoms with E-state index in [9.17, 15) is 4.79 Å². The molecule has 0 atom stereocenters. The van der Waals surface area contributed by atoms with Gasteiger partial charge in [0.2, 0.25) is 0 Å². The second kappa shape index (κ2) is 7.60. The van der Waals surface area contributed by atoms with Crippen molar-refractivity contribution in [3.05, 3.63) is 18.1 Å². The highest BCUT2D eigenvalue weighted by molar-refractivity contribution is 5.68. The maximum Gasteiger partial charge on any atom is 0.305 e. The van der Waals surface area contributed by atoms with Crippen molar-refractivity contribution in [2.75, 3.05) is 19.0 Å². The molecule has 0 aliphatic rings. The second-order valence-electron chi connectivity index (χ2n) is 3.80. The minimum absolute atomic E-state index is 0.135. The maximum atomic E-state index is 10.8. The highest BCUT2D eigenvalue weighted by Crippen LogP contribution is 2.04. The predicted octanol–water partition coefficient (Wildman–Crippen LogP) is 1.93. The molecule has 0 aromatic carbocycles. The number of unbranched alkanes of at least 4 members (excludes halogenated alkanes) is 2. The third-order valence-electron chi connectivity index (χ3n) is 2.37. The molecule has 17 heavy (non-hydrogen) atoms. The number of nitrogens with one attached hydrogen (secondary N) is 1. The van der Waals surface area contributed by atoms with Gasteiger partial charge in [0.25, 0.3) is 0 Å². The van der Waals surface area contributed by atoms with Gasteiger partial charge in [-0.1, -0.05) is 6.42 Å². The number of carbonyl (C=O) groups is 1. The Kier molecular flexibility index (Phi) is 5.99. The largest absolute Gasteiger partial charge is 0.469 e. The van der Waals surface area contributed by atoms with Crippen molar-refractivity contribution in [1.82, 2.24) is 9.97 Å². The quantitative estimate of drug-likeness (QED) is 0.580. The van der Waals surface area contributed by atoms with Gasteiger partial charge < -0.3 is 10.1 Å². The molecule has 0 saturated heterocycles. The minimum atomic E-state index is -0.135. The molecule has 0 unspecified atom stereocenters. The molecule has 0 aliphatic heterocycles. The molecular weight excluding hydrogens is 218 g/mol. The first-order valence-electron chi connectivity index (χ1n) is 5.82. The van der Waals surface area contributed by atoms with Gasteiger partial charge in [0.15, 0.2) is 0 Å². The first-order chi connectivity index (χ1) is 8.22. The molecule has 1 aromatic rings. The monoisotopic (exact) mass is 237 g/mol. The Morgan fingerprint density at radius 1 is 1.41 bits per heavy atom. The van der Waals surface area contributed by atoms with Crippen LogP contribution in [-0.4, -0.2) is 29.6 Å². The van der Waals surface area contributed by atoms with E-state index in [1.54, 1.807) is 6.20 Å². The van der Waals surface area contributed by atoms with Crippen molar-refractivity contribution < 1.29 is 9.53 Å². The number of nitrogens with zero attached hydrogens (tertiary/aromatic N) is 2. The van der Waals surface area contributed by atoms with Gasteiger partial charge in [-0.2, -0.15) is 0 Å². The number of ether oxygens (including phenoxy) is 1. The van der Waals surface area contributed by atoms with Crippen LogP contribution in [0, 0.1) is 6.92 Å². The second-order valence-corrected chi connectivity index (χ2v) is 3.80. The van der Waals surface area contributed by atoms with Crippen LogP contribution in [0.3, 0.4) is 0 Å². The van der Waals surface area contributed by atoms with Crippen molar-refractivity contribution in [2.24, 2.45) is 0 Å². The molecule has 5 nitrogen and oxygen atoms in total. The fourth-order valence-corrected chi connectivity index (χ4v) is 1.44. The summed E-state index contributed by atoms with van der Waals surface area (Å²) in [6.07, 6.45) is 5.13. The molecule has 0 radical (unpaired) electrons. The molecule has 0 aliphatic carbocycles. The Hall–Kier alpha value is -1.65. The van der Waals surface area contributed by atoms with E-state index < -0.39 is 0 Å². The number of methoxy groups -OCH3 is 1. The van der Waals surface area contributed by atoms with Crippen LogP contribution in [0.2, 0.25) is 0 Å². The van der Waals surface area contributed by atoms with Gasteiger partial charge >= 0.3 is 5.97 Å². The molecule has 94 valence electrons. The van der Waals surface area contributed by atoms with E-state index in [4.69, 9.17) is 0 Å². The number of rotatable bonds is 7. The molecule has 1 rings (SSSR count). The molecule has 1 heterocycles. The fourth-order valence-electron chi connectivity index (χ4n) is 1.44. The van der Waals surface area contributed by atoms with Gasteiger partial charge in [-0.05, 0) is 25.8 Å². The lowest BCUT2D eigenvalue weighted by Crippen LogP contribution is -2.05. The Morgan fingerprint density at radius 3 is 2.94 bits per heavy atom. The van der Waals surface area contributed by atoms with E-state index in [1.807, 2.05) is 13.0 Å². The van der Waals surface area contributed by atoms with E-state index in [-0.39, 0.29) is 5.97 Å². The summed E-state index contributed by atoms with van der Waals surface area (Å²) in [5.41, 5.74) is 0. The van der Waals surface area contributed by atoms with Gasteiger partial charge in [0.1, 0.15) is 11.6 Å². The number of carbonyl (C=O) groups excluding carboxylic acids is 1. The van der Waals surface area contributed by atoms with Gasteiger partial charge in [0.05, 0.1) is 7.11 Å². The van der Waals surface area contributed by atoms with Gasteiger partial charge in [-0.25, -0.2) is 9.97 Å². The molecule has 5 heteroatoms. The Labute approximate surface area is 102 Å². The zero-order valence-corrected chi connectivity index (χ0v) is 10.4. The summed E-state index contributed by atoms with van der Waals surface area (Å²) < 4.78 is 4.57. The van der Waals surface area contributed by atoms with Crippen LogP contribution in [0.5, 0.6) is 0 Å². The van der Waals surface area contributed by atoms with Gasteiger partial charge in [-0.15, -0.1) is 0 Å². The summed E-state index contributed by atoms with van der Waals surface area (Å²) in [4.78, 5) is 19.1. The van der Waals surface area contributed by atoms with Crippen molar-refractivity contribution in [1.29, 1.82) is 0 Å². The number of aromatic nitrogens is 2. The van der Waals surface area contributed by atoms with Crippen LogP contribution in [-0.2, 0) is 9.53 Å². The first kappa shape index (κ1) is 13.4. The normalized spacial score (nSPS) is 10.0. The summed E-state index contributed by atoms with van der Waals surface area (Å²) in [6, 6.07) is 1.85. The van der Waals surface area contributed by atoms with Crippen LogP contribution in [0.25, 0.3) is 0 Å². The number of hydrogen-bond donors (Lipinski definition) is 1. The lowest BCUT2D eigenvalue weighted by molar-refractivity contribution is -0.140. The highest BCUT2D eigenvalue weighted by atomic mass is 16.5. The summed E-state index contributed by atoms with van der Waals surface area (Å²) in [7, 11) is 1.42. The van der Waals surface area contributed by atoms with Crippen LogP contribution in [0.4, 0.5) is 5.82 Å². The lowest BCUT2D eigenvalue weighted by Gasteiger charge is -2.05. The average Bonchev–Trinajstić information content (AvgIpc) is 2.33. The number of esters is 1. The zero-order valence-electron chi connectivity index (χ0n) is 10.4. The number of aryl methyl sites for hydroxylation is 1. The van der Waals surface area contributed by atoms with Crippen LogP contribution in [0.15, 0.2) is 12.3 Å². The Balaban J connectivity index is 2.06. The Morgan fingerprint density at radius 2 is 2.24 bits per heavy atom. The first-order valence-corrected chi connectivity index (χ1v) is 5.82. The molecule has 0 fully saturated rings. The molecule has 0 bridgehead atoms. The predicted molar refractivity (Wildman–Crippen MR) is 65.7 cm³/mol. The SMILES string of the molecule is COC(=O)CCCCCNc1ccnc(C)n1. The summed E-state index contributed by atoms with van der Waals surface area (Å²) in [5, 5.41) is 3.22. The van der Waals surface area contributed by atoms with E-state index in [2.05, 4.69) is 20.0 Å². The third kappa shape index (κ3) is 5.85. The molecule has 0 saturated carbocycles. The fraction of sp³-hybridized carbons (Fsp3) is 0.583. The summed E-state index contributed by atoms with van der Waals surface area (Å²) >= 11 is 0. The number of hydrogen-bond acceptors (Lipinski definition) is 5. The van der Waals surface area contributed by atoms with Gasteiger partial charge in [-0.3, -0.25) is 4.79 Å². The molecule has 1 aromatic heterocycles. The molecule has 1 N–H and O–H groups in total. The number of anilines is 1. The standard InChI is InChI=1S/C12H19N3O2/c1-10-13-9-7-11(15-10)14-8-5-3-4-6-12(16)17-2/h7,9H,3-6,8H2,1-2H3,(H,13,14,15). The Bertz CT molecular complexity index is 355. The van der Waals surface area contributed by atoms with E-state index in [1.165, 1.54) is 7.11 Å². The average molecular weight is 237 g/mol. The molecular formula is C12H19N3O2. The topological polar surface area (TPSA) is 64.1 Å². The molecule has 0 amide bonds. The zero-order chi connectivity index (χ0) is 12.5. The van der Waals surface area contributed by atoms with E-state index in [0.29, 0.717) is 6.42 Å². The smallest absolute Gasteiger partial charge is 0.305 e.